The lowest BCUT2D eigenvalue weighted by Gasteiger charge is -2.12. The van der Waals surface area contributed by atoms with Crippen LogP contribution in [0.3, 0.4) is 0 Å². The number of nitrogens with one attached hydrogen (secondary N) is 1. The minimum atomic E-state index is -1.33. The van der Waals surface area contributed by atoms with E-state index in [1.165, 1.54) is 18.2 Å². The summed E-state index contributed by atoms with van der Waals surface area (Å²) < 4.78 is 26.3. The summed E-state index contributed by atoms with van der Waals surface area (Å²) in [6.07, 6.45) is 0. The Balaban J connectivity index is 2.26. The molecule has 4 nitrogen and oxygen atoms in total. The molecule has 0 amide bonds. The minimum absolute atomic E-state index is 0.181. The first-order chi connectivity index (χ1) is 9.49. The lowest BCUT2D eigenvalue weighted by atomic mass is 10.1. The topological polar surface area (TPSA) is 75.3 Å². The fourth-order valence-electron chi connectivity index (χ4n) is 1.82. The van der Waals surface area contributed by atoms with Crippen molar-refractivity contribution < 1.29 is 18.7 Å². The van der Waals surface area contributed by atoms with Crippen molar-refractivity contribution >= 4 is 17.3 Å². The maximum Gasteiger partial charge on any atom is 0.340 e. The van der Waals surface area contributed by atoms with E-state index >= 15 is 0 Å². The van der Waals surface area contributed by atoms with Crippen LogP contribution in [0.2, 0.25) is 0 Å². The standard InChI is InChI=1S/C14H12F2N2O2/c15-9-3-1-2-8(6-9)7-18-11-5-4-10(16)13(17)12(11)14(19)20/h1-6,18H,7,17H2,(H,19,20). The van der Waals surface area contributed by atoms with Crippen LogP contribution in [0.25, 0.3) is 0 Å². The Morgan fingerprint density at radius 3 is 2.65 bits per heavy atom. The van der Waals surface area contributed by atoms with Crippen molar-refractivity contribution in [1.82, 2.24) is 0 Å². The van der Waals surface area contributed by atoms with Crippen LogP contribution in [0.5, 0.6) is 0 Å². The van der Waals surface area contributed by atoms with Gasteiger partial charge in [0.05, 0.1) is 11.4 Å². The molecule has 0 spiro atoms. The van der Waals surface area contributed by atoms with E-state index in [2.05, 4.69) is 5.32 Å². The second-order valence-electron chi connectivity index (χ2n) is 4.17. The zero-order chi connectivity index (χ0) is 14.7. The first kappa shape index (κ1) is 13.8. The summed E-state index contributed by atoms with van der Waals surface area (Å²) in [6.45, 7) is 0.198. The van der Waals surface area contributed by atoms with E-state index < -0.39 is 17.5 Å². The van der Waals surface area contributed by atoms with Gasteiger partial charge in [0.15, 0.2) is 0 Å². The second-order valence-corrected chi connectivity index (χ2v) is 4.17. The third kappa shape index (κ3) is 2.85. The summed E-state index contributed by atoms with van der Waals surface area (Å²) in [5, 5.41) is 11.9. The molecule has 0 atom stereocenters. The largest absolute Gasteiger partial charge is 0.478 e. The van der Waals surface area contributed by atoms with Crippen molar-refractivity contribution in [1.29, 1.82) is 0 Å². The molecule has 0 saturated heterocycles. The molecule has 0 unspecified atom stereocenters. The van der Waals surface area contributed by atoms with E-state index in [1.54, 1.807) is 12.1 Å². The van der Waals surface area contributed by atoms with Crippen molar-refractivity contribution in [2.75, 3.05) is 11.1 Å². The van der Waals surface area contributed by atoms with Crippen LogP contribution in [-0.2, 0) is 6.54 Å². The highest BCUT2D eigenvalue weighted by atomic mass is 19.1. The lowest BCUT2D eigenvalue weighted by molar-refractivity contribution is 0.0698. The molecule has 0 aliphatic heterocycles. The Bertz CT molecular complexity index is 660. The van der Waals surface area contributed by atoms with Gasteiger partial charge >= 0.3 is 5.97 Å². The monoisotopic (exact) mass is 278 g/mol. The molecule has 0 aliphatic rings. The molecule has 0 fully saturated rings. The Morgan fingerprint density at radius 1 is 1.25 bits per heavy atom. The maximum atomic E-state index is 13.3. The summed E-state index contributed by atoms with van der Waals surface area (Å²) in [6, 6.07) is 8.22. The molecular weight excluding hydrogens is 266 g/mol. The number of benzene rings is 2. The van der Waals surface area contributed by atoms with Gasteiger partial charge in [-0.15, -0.1) is 0 Å². The van der Waals surface area contributed by atoms with Crippen molar-refractivity contribution in [3.05, 3.63) is 59.2 Å². The summed E-state index contributed by atoms with van der Waals surface area (Å²) in [5.41, 5.74) is 5.47. The number of halogens is 2. The number of anilines is 2. The van der Waals surface area contributed by atoms with Crippen LogP contribution in [0.4, 0.5) is 20.2 Å². The highest BCUT2D eigenvalue weighted by molar-refractivity contribution is 6.00. The fraction of sp³-hybridized carbons (Fsp3) is 0.0714. The van der Waals surface area contributed by atoms with Crippen molar-refractivity contribution in [3.8, 4) is 0 Å². The Kier molecular flexibility index (Phi) is 3.84. The number of nitrogen functional groups attached to an aromatic ring is 1. The summed E-state index contributed by atoms with van der Waals surface area (Å²) in [4.78, 5) is 11.1. The molecule has 104 valence electrons. The first-order valence-corrected chi connectivity index (χ1v) is 5.78. The predicted molar refractivity (Wildman–Crippen MR) is 71.5 cm³/mol. The van der Waals surface area contributed by atoms with Gasteiger partial charge in [-0.3, -0.25) is 0 Å². The average molecular weight is 278 g/mol. The van der Waals surface area contributed by atoms with E-state index in [0.717, 1.165) is 6.07 Å². The normalized spacial score (nSPS) is 10.3. The Morgan fingerprint density at radius 2 is 2.00 bits per heavy atom. The first-order valence-electron chi connectivity index (χ1n) is 5.78. The Labute approximate surface area is 113 Å². The quantitative estimate of drug-likeness (QED) is 0.752. The number of hydrogen-bond donors (Lipinski definition) is 3. The molecule has 6 heteroatoms. The second kappa shape index (κ2) is 5.56. The third-order valence-electron chi connectivity index (χ3n) is 2.78. The number of hydrogen-bond acceptors (Lipinski definition) is 3. The van der Waals surface area contributed by atoms with Gasteiger partial charge in [0.1, 0.15) is 17.2 Å². The molecule has 0 saturated carbocycles. The minimum Gasteiger partial charge on any atom is -0.478 e. The van der Waals surface area contributed by atoms with Crippen molar-refractivity contribution in [3.63, 3.8) is 0 Å². The number of aromatic carboxylic acids is 1. The molecule has 2 aromatic rings. The van der Waals surface area contributed by atoms with Crippen LogP contribution in [0, 0.1) is 11.6 Å². The van der Waals surface area contributed by atoms with E-state index in [-0.39, 0.29) is 23.6 Å². The number of rotatable bonds is 4. The van der Waals surface area contributed by atoms with Gasteiger partial charge < -0.3 is 16.2 Å². The van der Waals surface area contributed by atoms with Gasteiger partial charge in [0.25, 0.3) is 0 Å². The van der Waals surface area contributed by atoms with Crippen molar-refractivity contribution in [2.24, 2.45) is 0 Å². The number of carboxylic acid groups (broad SMARTS) is 1. The van der Waals surface area contributed by atoms with E-state index in [4.69, 9.17) is 10.8 Å². The van der Waals surface area contributed by atoms with Gasteiger partial charge in [0, 0.05) is 6.54 Å². The van der Waals surface area contributed by atoms with Gasteiger partial charge in [0.2, 0.25) is 0 Å². The van der Waals surface area contributed by atoms with Crippen LogP contribution in [0.1, 0.15) is 15.9 Å². The van der Waals surface area contributed by atoms with Crippen LogP contribution in [0.15, 0.2) is 36.4 Å². The van der Waals surface area contributed by atoms with Crippen LogP contribution >= 0.6 is 0 Å². The van der Waals surface area contributed by atoms with E-state index in [1.807, 2.05) is 0 Å². The highest BCUT2D eigenvalue weighted by Gasteiger charge is 2.17. The molecule has 0 bridgehead atoms. The molecule has 0 aromatic heterocycles. The van der Waals surface area contributed by atoms with Gasteiger partial charge in [-0.25, -0.2) is 13.6 Å². The Hall–Kier alpha value is -2.63. The number of carbonyl (C=O) groups is 1. The molecule has 0 heterocycles. The smallest absolute Gasteiger partial charge is 0.340 e. The zero-order valence-corrected chi connectivity index (χ0v) is 10.4. The summed E-state index contributed by atoms with van der Waals surface area (Å²) in [5.74, 6) is -2.51. The number of carboxylic acids is 1. The zero-order valence-electron chi connectivity index (χ0n) is 10.4. The molecule has 0 radical (unpaired) electrons. The molecule has 2 aromatic carbocycles. The molecular formula is C14H12F2N2O2. The lowest BCUT2D eigenvalue weighted by Crippen LogP contribution is -2.10. The van der Waals surface area contributed by atoms with Gasteiger partial charge in [-0.2, -0.15) is 0 Å². The van der Waals surface area contributed by atoms with Crippen LogP contribution in [-0.4, -0.2) is 11.1 Å². The van der Waals surface area contributed by atoms with Gasteiger partial charge in [-0.1, -0.05) is 12.1 Å². The fourth-order valence-corrected chi connectivity index (χ4v) is 1.82. The molecule has 2 rings (SSSR count). The van der Waals surface area contributed by atoms with Crippen molar-refractivity contribution in [2.45, 2.75) is 6.54 Å². The van der Waals surface area contributed by atoms with Gasteiger partial charge in [-0.05, 0) is 29.8 Å². The summed E-state index contributed by atoms with van der Waals surface area (Å²) in [7, 11) is 0. The number of nitrogens with two attached hydrogens (primary N) is 1. The maximum absolute atomic E-state index is 13.3. The average Bonchev–Trinajstić information content (AvgIpc) is 2.39. The van der Waals surface area contributed by atoms with E-state index in [9.17, 15) is 13.6 Å². The third-order valence-corrected chi connectivity index (χ3v) is 2.78. The van der Waals surface area contributed by atoms with E-state index in [0.29, 0.717) is 5.56 Å². The molecule has 4 N–H and O–H groups in total. The predicted octanol–water partition coefficient (Wildman–Crippen LogP) is 2.86. The highest BCUT2D eigenvalue weighted by Crippen LogP contribution is 2.25. The van der Waals surface area contributed by atoms with Crippen LogP contribution < -0.4 is 11.1 Å². The summed E-state index contributed by atoms with van der Waals surface area (Å²) >= 11 is 0. The SMILES string of the molecule is Nc1c(F)ccc(NCc2cccc(F)c2)c1C(=O)O. The molecule has 20 heavy (non-hydrogen) atoms. The molecule has 0 aliphatic carbocycles.